The molecular weight excluding hydrogens is 178 g/mol. The standard InChI is InChI=1S/C11H15NO2/c1-8(6-11(13)14-3)10-4-5-12-7-9(10)2/h4-5,7-8H,6H2,1-3H3. The van der Waals surface area contributed by atoms with Gasteiger partial charge in [-0.1, -0.05) is 6.92 Å². The van der Waals surface area contributed by atoms with E-state index < -0.39 is 0 Å². The lowest BCUT2D eigenvalue weighted by atomic mass is 9.95. The topological polar surface area (TPSA) is 39.2 Å². The quantitative estimate of drug-likeness (QED) is 0.690. The van der Waals surface area contributed by atoms with Crippen molar-refractivity contribution in [2.75, 3.05) is 7.11 Å². The molecule has 0 bridgehead atoms. The number of carbonyl (C=O) groups is 1. The van der Waals surface area contributed by atoms with Gasteiger partial charge >= 0.3 is 5.97 Å². The average Bonchev–Trinajstić information content (AvgIpc) is 2.18. The number of rotatable bonds is 3. The van der Waals surface area contributed by atoms with Gasteiger partial charge in [-0.05, 0) is 30.0 Å². The molecule has 0 radical (unpaired) electrons. The Morgan fingerprint density at radius 2 is 2.36 bits per heavy atom. The minimum atomic E-state index is -0.172. The van der Waals surface area contributed by atoms with Crippen molar-refractivity contribution in [1.82, 2.24) is 4.98 Å². The van der Waals surface area contributed by atoms with E-state index in [0.29, 0.717) is 6.42 Å². The maximum absolute atomic E-state index is 11.1. The predicted octanol–water partition coefficient (Wildman–Crippen LogP) is 2.06. The highest BCUT2D eigenvalue weighted by atomic mass is 16.5. The molecule has 0 aliphatic rings. The van der Waals surface area contributed by atoms with Crippen molar-refractivity contribution in [3.8, 4) is 0 Å². The Kier molecular flexibility index (Phi) is 3.63. The molecule has 14 heavy (non-hydrogen) atoms. The van der Waals surface area contributed by atoms with Crippen LogP contribution in [0.25, 0.3) is 0 Å². The molecule has 0 fully saturated rings. The van der Waals surface area contributed by atoms with Gasteiger partial charge in [-0.15, -0.1) is 0 Å². The van der Waals surface area contributed by atoms with Crippen molar-refractivity contribution < 1.29 is 9.53 Å². The number of nitrogens with zero attached hydrogens (tertiary/aromatic N) is 1. The van der Waals surface area contributed by atoms with Crippen LogP contribution in [0, 0.1) is 6.92 Å². The lowest BCUT2D eigenvalue weighted by Crippen LogP contribution is -2.07. The molecule has 0 saturated heterocycles. The van der Waals surface area contributed by atoms with E-state index >= 15 is 0 Å². The molecule has 1 heterocycles. The second-order valence-electron chi connectivity index (χ2n) is 3.41. The third kappa shape index (κ3) is 2.55. The fraction of sp³-hybridized carbons (Fsp3) is 0.455. The van der Waals surface area contributed by atoms with E-state index in [1.54, 1.807) is 6.20 Å². The lowest BCUT2D eigenvalue weighted by Gasteiger charge is -2.12. The predicted molar refractivity (Wildman–Crippen MR) is 54.0 cm³/mol. The summed E-state index contributed by atoms with van der Waals surface area (Å²) in [5, 5.41) is 0. The molecule has 0 amide bonds. The summed E-state index contributed by atoms with van der Waals surface area (Å²) in [7, 11) is 1.41. The molecule has 1 aromatic rings. The highest BCUT2D eigenvalue weighted by Crippen LogP contribution is 2.21. The molecule has 0 spiro atoms. The number of ether oxygens (including phenoxy) is 1. The number of pyridine rings is 1. The van der Waals surface area contributed by atoms with Crippen LogP contribution in [0.2, 0.25) is 0 Å². The van der Waals surface area contributed by atoms with Gasteiger partial charge in [0.05, 0.1) is 13.5 Å². The highest BCUT2D eigenvalue weighted by Gasteiger charge is 2.12. The molecule has 3 heteroatoms. The van der Waals surface area contributed by atoms with E-state index in [4.69, 9.17) is 0 Å². The smallest absolute Gasteiger partial charge is 0.306 e. The SMILES string of the molecule is COC(=O)CC(C)c1ccncc1C. The van der Waals surface area contributed by atoms with E-state index in [1.165, 1.54) is 7.11 Å². The van der Waals surface area contributed by atoms with Crippen LogP contribution in [-0.4, -0.2) is 18.1 Å². The first kappa shape index (κ1) is 10.7. The van der Waals surface area contributed by atoms with Crippen LogP contribution in [0.3, 0.4) is 0 Å². The summed E-state index contributed by atoms with van der Waals surface area (Å²) in [5.41, 5.74) is 2.27. The Bertz CT molecular complexity index is 323. The van der Waals surface area contributed by atoms with Gasteiger partial charge in [-0.2, -0.15) is 0 Å². The van der Waals surface area contributed by atoms with Crippen LogP contribution in [-0.2, 0) is 9.53 Å². The fourth-order valence-electron chi connectivity index (χ4n) is 1.48. The minimum Gasteiger partial charge on any atom is -0.469 e. The number of aromatic nitrogens is 1. The summed E-state index contributed by atoms with van der Waals surface area (Å²) in [5.74, 6) is 0.0131. The first-order valence-corrected chi connectivity index (χ1v) is 4.62. The minimum absolute atomic E-state index is 0.172. The Labute approximate surface area is 84.1 Å². The van der Waals surface area contributed by atoms with E-state index in [9.17, 15) is 4.79 Å². The third-order valence-electron chi connectivity index (χ3n) is 2.30. The molecule has 1 rings (SSSR count). The summed E-state index contributed by atoms with van der Waals surface area (Å²) < 4.78 is 4.63. The Hall–Kier alpha value is -1.38. The van der Waals surface area contributed by atoms with Crippen LogP contribution in [0.5, 0.6) is 0 Å². The van der Waals surface area contributed by atoms with Crippen LogP contribution in [0.4, 0.5) is 0 Å². The Morgan fingerprint density at radius 1 is 1.64 bits per heavy atom. The zero-order valence-corrected chi connectivity index (χ0v) is 8.78. The fourth-order valence-corrected chi connectivity index (χ4v) is 1.48. The van der Waals surface area contributed by atoms with Crippen LogP contribution >= 0.6 is 0 Å². The highest BCUT2D eigenvalue weighted by molar-refractivity contribution is 5.70. The summed E-state index contributed by atoms with van der Waals surface area (Å²) in [4.78, 5) is 15.1. The molecule has 0 aromatic carbocycles. The van der Waals surface area contributed by atoms with Crippen LogP contribution < -0.4 is 0 Å². The van der Waals surface area contributed by atoms with E-state index in [1.807, 2.05) is 26.1 Å². The molecular formula is C11H15NO2. The molecule has 3 nitrogen and oxygen atoms in total. The lowest BCUT2D eigenvalue weighted by molar-refractivity contribution is -0.140. The molecule has 76 valence electrons. The number of esters is 1. The zero-order chi connectivity index (χ0) is 10.6. The van der Waals surface area contributed by atoms with Gasteiger partial charge in [0.15, 0.2) is 0 Å². The largest absolute Gasteiger partial charge is 0.469 e. The van der Waals surface area contributed by atoms with Crippen LogP contribution in [0.1, 0.15) is 30.4 Å². The number of carbonyl (C=O) groups excluding carboxylic acids is 1. The van der Waals surface area contributed by atoms with Gasteiger partial charge in [0, 0.05) is 12.4 Å². The maximum Gasteiger partial charge on any atom is 0.306 e. The van der Waals surface area contributed by atoms with Crippen molar-refractivity contribution in [2.45, 2.75) is 26.2 Å². The maximum atomic E-state index is 11.1. The first-order valence-electron chi connectivity index (χ1n) is 4.62. The number of hydrogen-bond donors (Lipinski definition) is 0. The summed E-state index contributed by atoms with van der Waals surface area (Å²) in [6.45, 7) is 4.01. The molecule has 0 aliphatic heterocycles. The van der Waals surface area contributed by atoms with Crippen molar-refractivity contribution in [1.29, 1.82) is 0 Å². The second kappa shape index (κ2) is 4.74. The third-order valence-corrected chi connectivity index (χ3v) is 2.30. The Balaban J connectivity index is 2.74. The van der Waals surface area contributed by atoms with Crippen molar-refractivity contribution in [2.24, 2.45) is 0 Å². The Morgan fingerprint density at radius 3 is 2.93 bits per heavy atom. The second-order valence-corrected chi connectivity index (χ2v) is 3.41. The summed E-state index contributed by atoms with van der Waals surface area (Å²) in [6, 6.07) is 1.95. The van der Waals surface area contributed by atoms with Crippen molar-refractivity contribution in [3.05, 3.63) is 29.6 Å². The number of aryl methyl sites for hydroxylation is 1. The van der Waals surface area contributed by atoms with Crippen LogP contribution in [0.15, 0.2) is 18.5 Å². The molecule has 1 unspecified atom stereocenters. The van der Waals surface area contributed by atoms with E-state index in [2.05, 4.69) is 9.72 Å². The molecule has 0 N–H and O–H groups in total. The average molecular weight is 193 g/mol. The first-order chi connectivity index (χ1) is 6.65. The molecule has 1 atom stereocenters. The van der Waals surface area contributed by atoms with Gasteiger partial charge < -0.3 is 4.74 Å². The van der Waals surface area contributed by atoms with Crippen molar-refractivity contribution in [3.63, 3.8) is 0 Å². The summed E-state index contributed by atoms with van der Waals surface area (Å²) >= 11 is 0. The van der Waals surface area contributed by atoms with Gasteiger partial charge in [-0.25, -0.2) is 0 Å². The molecule has 0 aliphatic carbocycles. The van der Waals surface area contributed by atoms with Gasteiger partial charge in [0.1, 0.15) is 0 Å². The zero-order valence-electron chi connectivity index (χ0n) is 8.78. The van der Waals surface area contributed by atoms with Crippen molar-refractivity contribution >= 4 is 5.97 Å². The van der Waals surface area contributed by atoms with Gasteiger partial charge in [0.2, 0.25) is 0 Å². The van der Waals surface area contributed by atoms with E-state index in [0.717, 1.165) is 11.1 Å². The number of methoxy groups -OCH3 is 1. The van der Waals surface area contributed by atoms with Gasteiger partial charge in [0.25, 0.3) is 0 Å². The van der Waals surface area contributed by atoms with Gasteiger partial charge in [-0.3, -0.25) is 9.78 Å². The number of hydrogen-bond acceptors (Lipinski definition) is 3. The molecule has 0 saturated carbocycles. The normalized spacial score (nSPS) is 12.2. The monoisotopic (exact) mass is 193 g/mol. The van der Waals surface area contributed by atoms with E-state index in [-0.39, 0.29) is 11.9 Å². The summed E-state index contributed by atoms with van der Waals surface area (Å²) in [6.07, 6.45) is 3.97. The molecule has 1 aromatic heterocycles.